The summed E-state index contributed by atoms with van der Waals surface area (Å²) >= 11 is 1.39. The summed E-state index contributed by atoms with van der Waals surface area (Å²) in [5.74, 6) is 0.0787. The lowest BCUT2D eigenvalue weighted by Crippen LogP contribution is -2.32. The molecule has 0 aliphatic heterocycles. The van der Waals surface area contributed by atoms with Gasteiger partial charge in [-0.1, -0.05) is 11.8 Å². The second kappa shape index (κ2) is 4.61. The summed E-state index contributed by atoms with van der Waals surface area (Å²) in [4.78, 5) is 19.7. The van der Waals surface area contributed by atoms with Crippen molar-refractivity contribution in [2.45, 2.75) is 36.2 Å². The molecule has 1 atom stereocenters. The van der Waals surface area contributed by atoms with Gasteiger partial charge >= 0.3 is 0 Å². The van der Waals surface area contributed by atoms with Gasteiger partial charge in [0.1, 0.15) is 0 Å². The van der Waals surface area contributed by atoms with Crippen molar-refractivity contribution < 1.29 is 4.79 Å². The highest BCUT2D eigenvalue weighted by Crippen LogP contribution is 2.22. The smallest absolute Gasteiger partial charge is 0.233 e. The van der Waals surface area contributed by atoms with Crippen molar-refractivity contribution in [3.8, 4) is 0 Å². The molecule has 0 bridgehead atoms. The van der Waals surface area contributed by atoms with E-state index < -0.39 is 0 Å². The van der Waals surface area contributed by atoms with Gasteiger partial charge in [-0.3, -0.25) is 4.79 Å². The Morgan fingerprint density at radius 2 is 2.20 bits per heavy atom. The first-order valence-electron chi connectivity index (χ1n) is 5.00. The van der Waals surface area contributed by atoms with Crippen molar-refractivity contribution >= 4 is 17.7 Å². The predicted octanol–water partition coefficient (Wildman–Crippen LogP) is 1.24. The van der Waals surface area contributed by atoms with E-state index in [0.29, 0.717) is 11.2 Å². The Bertz CT molecular complexity index is 340. The molecule has 1 aliphatic rings. The maximum Gasteiger partial charge on any atom is 0.233 e. The highest BCUT2D eigenvalue weighted by molar-refractivity contribution is 8.00. The molecule has 0 spiro atoms. The Hall–Kier alpha value is -1.10. The third-order valence-electron chi connectivity index (χ3n) is 2.12. The fourth-order valence-corrected chi connectivity index (χ4v) is 1.84. The molecule has 5 heteroatoms. The number of hydrogen-bond donors (Lipinski definition) is 1. The van der Waals surface area contributed by atoms with Crippen LogP contribution in [0, 0.1) is 0 Å². The van der Waals surface area contributed by atoms with Gasteiger partial charge in [0.2, 0.25) is 5.91 Å². The normalized spacial score (nSPS) is 17.1. The molecule has 80 valence electrons. The third-order valence-corrected chi connectivity index (χ3v) is 3.11. The molecular weight excluding hydrogens is 210 g/mol. The first kappa shape index (κ1) is 10.4. The minimum atomic E-state index is -0.131. The average Bonchev–Trinajstić information content (AvgIpc) is 3.03. The first-order valence-corrected chi connectivity index (χ1v) is 5.88. The number of hydrogen-bond acceptors (Lipinski definition) is 4. The second-order valence-corrected chi connectivity index (χ2v) is 4.88. The van der Waals surface area contributed by atoms with Crippen molar-refractivity contribution in [2.24, 2.45) is 0 Å². The van der Waals surface area contributed by atoms with E-state index in [1.54, 1.807) is 18.5 Å². The van der Waals surface area contributed by atoms with Gasteiger partial charge < -0.3 is 5.32 Å². The summed E-state index contributed by atoms with van der Waals surface area (Å²) in [7, 11) is 0. The zero-order chi connectivity index (χ0) is 10.7. The zero-order valence-corrected chi connectivity index (χ0v) is 9.33. The van der Waals surface area contributed by atoms with Crippen LogP contribution in [0.2, 0.25) is 0 Å². The number of nitrogens with zero attached hydrogens (tertiary/aromatic N) is 2. The van der Waals surface area contributed by atoms with Crippen LogP contribution in [0.1, 0.15) is 19.8 Å². The second-order valence-electron chi connectivity index (χ2n) is 3.57. The quantitative estimate of drug-likeness (QED) is 0.616. The lowest BCUT2D eigenvalue weighted by molar-refractivity contribution is -0.120. The molecule has 15 heavy (non-hydrogen) atoms. The van der Waals surface area contributed by atoms with E-state index in [1.807, 2.05) is 6.92 Å². The van der Waals surface area contributed by atoms with Gasteiger partial charge in [-0.15, -0.1) is 0 Å². The van der Waals surface area contributed by atoms with Crippen molar-refractivity contribution in [1.29, 1.82) is 0 Å². The molecule has 1 aliphatic carbocycles. The number of carbonyl (C=O) groups is 1. The van der Waals surface area contributed by atoms with Crippen molar-refractivity contribution in [1.82, 2.24) is 15.3 Å². The Balaban J connectivity index is 1.85. The maximum atomic E-state index is 11.6. The third kappa shape index (κ3) is 3.20. The summed E-state index contributed by atoms with van der Waals surface area (Å²) < 4.78 is 0. The van der Waals surface area contributed by atoms with E-state index in [4.69, 9.17) is 0 Å². The largest absolute Gasteiger partial charge is 0.352 e. The van der Waals surface area contributed by atoms with E-state index in [2.05, 4.69) is 15.3 Å². The zero-order valence-electron chi connectivity index (χ0n) is 8.51. The van der Waals surface area contributed by atoms with E-state index in [1.165, 1.54) is 11.8 Å². The summed E-state index contributed by atoms with van der Waals surface area (Å²) in [5.41, 5.74) is 0. The molecule has 1 saturated carbocycles. The molecule has 1 heterocycles. The minimum Gasteiger partial charge on any atom is -0.352 e. The van der Waals surface area contributed by atoms with Crippen LogP contribution in [0.4, 0.5) is 0 Å². The van der Waals surface area contributed by atoms with Gasteiger partial charge in [-0.05, 0) is 25.8 Å². The van der Waals surface area contributed by atoms with Gasteiger partial charge in [0, 0.05) is 18.4 Å². The molecule has 2 rings (SSSR count). The monoisotopic (exact) mass is 223 g/mol. The van der Waals surface area contributed by atoms with Crippen LogP contribution in [0.15, 0.2) is 23.6 Å². The maximum absolute atomic E-state index is 11.6. The lowest BCUT2D eigenvalue weighted by atomic mass is 10.4. The van der Waals surface area contributed by atoms with Crippen LogP contribution in [-0.2, 0) is 4.79 Å². The molecule has 0 unspecified atom stereocenters. The van der Waals surface area contributed by atoms with Gasteiger partial charge in [0.15, 0.2) is 5.16 Å². The summed E-state index contributed by atoms with van der Waals surface area (Å²) in [6.07, 6.45) is 5.59. The van der Waals surface area contributed by atoms with Crippen LogP contribution >= 0.6 is 11.8 Å². The van der Waals surface area contributed by atoms with Crippen molar-refractivity contribution in [3.05, 3.63) is 18.5 Å². The number of rotatable bonds is 4. The summed E-state index contributed by atoms with van der Waals surface area (Å²) in [6, 6.07) is 2.18. The molecule has 1 aromatic rings. The molecule has 1 aromatic heterocycles. The average molecular weight is 223 g/mol. The lowest BCUT2D eigenvalue weighted by Gasteiger charge is -2.09. The fourth-order valence-electron chi connectivity index (χ4n) is 1.10. The Morgan fingerprint density at radius 1 is 1.53 bits per heavy atom. The number of carbonyl (C=O) groups excluding carboxylic acids is 1. The SMILES string of the molecule is C[C@@H](Sc1ncccn1)C(=O)NC1CC1. The molecule has 1 amide bonds. The van der Waals surface area contributed by atoms with Gasteiger partial charge in [0.05, 0.1) is 5.25 Å². The Labute approximate surface area is 92.9 Å². The Morgan fingerprint density at radius 3 is 2.80 bits per heavy atom. The van der Waals surface area contributed by atoms with Gasteiger partial charge in [0.25, 0.3) is 0 Å². The van der Waals surface area contributed by atoms with E-state index in [9.17, 15) is 4.79 Å². The highest BCUT2D eigenvalue weighted by atomic mass is 32.2. The molecule has 1 fully saturated rings. The molecule has 0 aromatic carbocycles. The Kier molecular flexibility index (Phi) is 3.20. The van der Waals surface area contributed by atoms with E-state index in [0.717, 1.165) is 12.8 Å². The molecule has 0 radical (unpaired) electrons. The number of aromatic nitrogens is 2. The standard InChI is InChI=1S/C10H13N3OS/c1-7(9(14)13-8-3-4-8)15-10-11-5-2-6-12-10/h2,5-8H,3-4H2,1H3,(H,13,14)/t7-/m1/s1. The van der Waals surface area contributed by atoms with Crippen LogP contribution < -0.4 is 5.32 Å². The predicted molar refractivity (Wildman–Crippen MR) is 58.5 cm³/mol. The van der Waals surface area contributed by atoms with E-state index >= 15 is 0 Å². The van der Waals surface area contributed by atoms with Crippen LogP contribution in [0.25, 0.3) is 0 Å². The van der Waals surface area contributed by atoms with Crippen LogP contribution in [0.5, 0.6) is 0 Å². The number of thioether (sulfide) groups is 1. The van der Waals surface area contributed by atoms with Crippen molar-refractivity contribution in [2.75, 3.05) is 0 Å². The first-order chi connectivity index (χ1) is 7.25. The van der Waals surface area contributed by atoms with Crippen LogP contribution in [-0.4, -0.2) is 27.2 Å². The van der Waals surface area contributed by atoms with Gasteiger partial charge in [-0.2, -0.15) is 0 Å². The summed E-state index contributed by atoms with van der Waals surface area (Å²) in [6.45, 7) is 1.87. The minimum absolute atomic E-state index is 0.0787. The number of nitrogens with one attached hydrogen (secondary N) is 1. The fraction of sp³-hybridized carbons (Fsp3) is 0.500. The molecule has 1 N–H and O–H groups in total. The van der Waals surface area contributed by atoms with Crippen molar-refractivity contribution in [3.63, 3.8) is 0 Å². The van der Waals surface area contributed by atoms with Crippen LogP contribution in [0.3, 0.4) is 0 Å². The molecule has 0 saturated heterocycles. The number of amides is 1. The molecular formula is C10H13N3OS. The van der Waals surface area contributed by atoms with E-state index in [-0.39, 0.29) is 11.2 Å². The van der Waals surface area contributed by atoms with Gasteiger partial charge in [-0.25, -0.2) is 9.97 Å². The molecule has 4 nitrogen and oxygen atoms in total. The highest BCUT2D eigenvalue weighted by Gasteiger charge is 2.26. The summed E-state index contributed by atoms with van der Waals surface area (Å²) in [5, 5.41) is 3.48. The topological polar surface area (TPSA) is 54.9 Å².